The molecule has 0 aromatic heterocycles. The van der Waals surface area contributed by atoms with Crippen LogP contribution in [0.5, 0.6) is 0 Å². The maximum Gasteiger partial charge on any atom is 0.256 e. The van der Waals surface area contributed by atoms with Gasteiger partial charge < -0.3 is 20.5 Å². The maximum absolute atomic E-state index is 13.7. The minimum Gasteiger partial charge on any atom is -0.399 e. The molecule has 1 aromatic rings. The summed E-state index contributed by atoms with van der Waals surface area (Å²) in [7, 11) is 1.55. The highest BCUT2D eigenvalue weighted by Gasteiger charge is 2.33. The van der Waals surface area contributed by atoms with Crippen LogP contribution in [0.3, 0.4) is 0 Å². The molecule has 6 heteroatoms. The van der Waals surface area contributed by atoms with Gasteiger partial charge in [0.15, 0.2) is 0 Å². The summed E-state index contributed by atoms with van der Waals surface area (Å²) < 4.78 is 18.9. The van der Waals surface area contributed by atoms with Crippen LogP contribution in [-0.4, -0.2) is 48.3 Å². The number of likely N-dealkylation sites (N-methyl/N-ethyl adjacent to an activating group) is 1. The number of nitrogens with zero attached hydrogens (tertiary/aromatic N) is 1. The molecule has 3 N–H and O–H groups in total. The van der Waals surface area contributed by atoms with Gasteiger partial charge in [0.25, 0.3) is 5.91 Å². The lowest BCUT2D eigenvalue weighted by Gasteiger charge is -2.35. The van der Waals surface area contributed by atoms with Gasteiger partial charge in [0, 0.05) is 45.3 Å². The molecule has 2 rings (SSSR count). The molecule has 1 heterocycles. The Labute approximate surface area is 117 Å². The molecule has 0 saturated carbocycles. The topological polar surface area (TPSA) is 75.8 Å². The van der Waals surface area contributed by atoms with Crippen LogP contribution in [0.4, 0.5) is 10.1 Å². The largest absolute Gasteiger partial charge is 0.399 e. The summed E-state index contributed by atoms with van der Waals surface area (Å²) in [5.74, 6) is -1.12. The first-order chi connectivity index (χ1) is 9.41. The molecule has 5 nitrogen and oxygen atoms in total. The smallest absolute Gasteiger partial charge is 0.256 e. The molecule has 0 bridgehead atoms. The lowest BCUT2D eigenvalue weighted by Crippen LogP contribution is -2.47. The highest BCUT2D eigenvalue weighted by molar-refractivity contribution is 5.94. The summed E-state index contributed by atoms with van der Waals surface area (Å²) in [5, 5.41) is 10.4. The minimum atomic E-state index is -0.965. The first kappa shape index (κ1) is 14.7. The number of amides is 1. The Kier molecular flexibility index (Phi) is 4.25. The monoisotopic (exact) mass is 282 g/mol. The van der Waals surface area contributed by atoms with Crippen molar-refractivity contribution in [3.05, 3.63) is 29.6 Å². The van der Waals surface area contributed by atoms with Crippen molar-refractivity contribution in [2.45, 2.75) is 18.4 Å². The van der Waals surface area contributed by atoms with E-state index in [1.54, 1.807) is 7.05 Å². The number of ether oxygens (including phenoxy) is 1. The Balaban J connectivity index is 2.08. The Hall–Kier alpha value is -1.66. The molecule has 0 aliphatic carbocycles. The molecule has 1 amide bonds. The van der Waals surface area contributed by atoms with Crippen molar-refractivity contribution in [1.29, 1.82) is 0 Å². The average Bonchev–Trinajstić information content (AvgIpc) is 2.38. The number of benzene rings is 1. The first-order valence-corrected chi connectivity index (χ1v) is 6.52. The van der Waals surface area contributed by atoms with E-state index in [0.717, 1.165) is 6.07 Å². The van der Waals surface area contributed by atoms with Crippen LogP contribution in [0, 0.1) is 5.82 Å². The number of nitrogen functional groups attached to an aromatic ring is 1. The molecule has 0 spiro atoms. The molecule has 110 valence electrons. The number of hydrogen-bond acceptors (Lipinski definition) is 4. The molecular weight excluding hydrogens is 263 g/mol. The molecule has 0 atom stereocenters. The molecule has 1 saturated heterocycles. The number of halogens is 1. The summed E-state index contributed by atoms with van der Waals surface area (Å²) in [6.45, 7) is 1.09. The van der Waals surface area contributed by atoms with Gasteiger partial charge in [0.1, 0.15) is 5.82 Å². The summed E-state index contributed by atoms with van der Waals surface area (Å²) in [5.41, 5.74) is 4.71. The predicted octanol–water partition coefficient (Wildman–Crippen LogP) is 1.02. The maximum atomic E-state index is 13.7. The third-order valence-corrected chi connectivity index (χ3v) is 3.53. The molecule has 0 radical (unpaired) electrons. The van der Waals surface area contributed by atoms with Crippen LogP contribution in [-0.2, 0) is 4.74 Å². The van der Waals surface area contributed by atoms with Crippen molar-refractivity contribution in [2.75, 3.05) is 32.5 Å². The second-order valence-electron chi connectivity index (χ2n) is 5.24. The lowest BCUT2D eigenvalue weighted by atomic mass is 9.93. The number of hydrogen-bond donors (Lipinski definition) is 2. The van der Waals surface area contributed by atoms with E-state index in [9.17, 15) is 14.3 Å². The van der Waals surface area contributed by atoms with Gasteiger partial charge in [0.05, 0.1) is 11.2 Å². The number of nitrogens with two attached hydrogens (primary N) is 1. The Morgan fingerprint density at radius 3 is 2.75 bits per heavy atom. The third kappa shape index (κ3) is 3.26. The van der Waals surface area contributed by atoms with Crippen LogP contribution < -0.4 is 5.73 Å². The molecule has 0 unspecified atom stereocenters. The van der Waals surface area contributed by atoms with E-state index in [2.05, 4.69) is 0 Å². The van der Waals surface area contributed by atoms with Gasteiger partial charge in [-0.25, -0.2) is 4.39 Å². The second-order valence-corrected chi connectivity index (χ2v) is 5.24. The van der Waals surface area contributed by atoms with Gasteiger partial charge in [-0.2, -0.15) is 0 Å². The zero-order valence-corrected chi connectivity index (χ0v) is 11.4. The second kappa shape index (κ2) is 5.76. The van der Waals surface area contributed by atoms with Gasteiger partial charge in [-0.1, -0.05) is 0 Å². The number of rotatable bonds is 3. The van der Waals surface area contributed by atoms with Crippen molar-refractivity contribution in [2.24, 2.45) is 0 Å². The van der Waals surface area contributed by atoms with E-state index in [4.69, 9.17) is 10.5 Å². The van der Waals surface area contributed by atoms with E-state index in [-0.39, 0.29) is 17.8 Å². The fourth-order valence-electron chi connectivity index (χ4n) is 2.33. The van der Waals surface area contributed by atoms with E-state index >= 15 is 0 Å². The van der Waals surface area contributed by atoms with Gasteiger partial charge in [-0.3, -0.25) is 4.79 Å². The number of carbonyl (C=O) groups is 1. The van der Waals surface area contributed by atoms with Crippen LogP contribution in [0.2, 0.25) is 0 Å². The van der Waals surface area contributed by atoms with E-state index in [1.165, 1.54) is 17.0 Å². The molecule has 1 aliphatic rings. The number of anilines is 1. The summed E-state index contributed by atoms with van der Waals surface area (Å²) in [6.07, 6.45) is 0.934. The fourth-order valence-corrected chi connectivity index (χ4v) is 2.33. The Bertz CT molecular complexity index is 501. The summed E-state index contributed by atoms with van der Waals surface area (Å²) in [4.78, 5) is 13.5. The quantitative estimate of drug-likeness (QED) is 0.812. The van der Waals surface area contributed by atoms with Crippen molar-refractivity contribution < 1.29 is 19.0 Å². The summed E-state index contributed by atoms with van der Waals surface area (Å²) in [6, 6.07) is 3.95. The standard InChI is InChI=1S/C14H19FN2O3/c1-17(9-14(19)4-6-20-7-5-14)13(18)11-3-2-10(16)8-12(11)15/h2-3,8,19H,4-7,9,16H2,1H3. The van der Waals surface area contributed by atoms with Gasteiger partial charge in [-0.05, 0) is 18.2 Å². The van der Waals surface area contributed by atoms with Crippen molar-refractivity contribution in [1.82, 2.24) is 4.90 Å². The average molecular weight is 282 g/mol. The molecule has 1 fully saturated rings. The van der Waals surface area contributed by atoms with Crippen molar-refractivity contribution in [3.63, 3.8) is 0 Å². The number of aliphatic hydroxyl groups is 1. The zero-order valence-electron chi connectivity index (χ0n) is 11.4. The fraction of sp³-hybridized carbons (Fsp3) is 0.500. The van der Waals surface area contributed by atoms with Crippen LogP contribution in [0.15, 0.2) is 18.2 Å². The van der Waals surface area contributed by atoms with E-state index in [1.807, 2.05) is 0 Å². The van der Waals surface area contributed by atoms with Gasteiger partial charge in [0.2, 0.25) is 0 Å². The Morgan fingerprint density at radius 2 is 2.15 bits per heavy atom. The molecule has 1 aliphatic heterocycles. The Morgan fingerprint density at radius 1 is 1.50 bits per heavy atom. The molecule has 1 aromatic carbocycles. The van der Waals surface area contributed by atoms with E-state index in [0.29, 0.717) is 26.1 Å². The SMILES string of the molecule is CN(CC1(O)CCOCC1)C(=O)c1ccc(N)cc1F. The van der Waals surface area contributed by atoms with Crippen LogP contribution in [0.25, 0.3) is 0 Å². The minimum absolute atomic E-state index is 0.0441. The van der Waals surface area contributed by atoms with E-state index < -0.39 is 17.3 Å². The van der Waals surface area contributed by atoms with Crippen LogP contribution in [0.1, 0.15) is 23.2 Å². The predicted molar refractivity (Wildman–Crippen MR) is 72.8 cm³/mol. The summed E-state index contributed by atoms with van der Waals surface area (Å²) >= 11 is 0. The van der Waals surface area contributed by atoms with Crippen molar-refractivity contribution >= 4 is 11.6 Å². The van der Waals surface area contributed by atoms with Crippen LogP contribution >= 0.6 is 0 Å². The lowest BCUT2D eigenvalue weighted by molar-refractivity contribution is -0.0734. The van der Waals surface area contributed by atoms with Crippen molar-refractivity contribution in [3.8, 4) is 0 Å². The first-order valence-electron chi connectivity index (χ1n) is 6.52. The third-order valence-electron chi connectivity index (χ3n) is 3.53. The van der Waals surface area contributed by atoms with Gasteiger partial charge >= 0.3 is 0 Å². The number of carbonyl (C=O) groups excluding carboxylic acids is 1. The molecule has 20 heavy (non-hydrogen) atoms. The van der Waals surface area contributed by atoms with Gasteiger partial charge in [-0.15, -0.1) is 0 Å². The molecular formula is C14H19FN2O3. The normalized spacial score (nSPS) is 17.8. The zero-order chi connectivity index (χ0) is 14.8. The highest BCUT2D eigenvalue weighted by atomic mass is 19.1. The highest BCUT2D eigenvalue weighted by Crippen LogP contribution is 2.22.